The number of anilines is 2. The van der Waals surface area contributed by atoms with Crippen molar-refractivity contribution in [2.24, 2.45) is 0 Å². The Balaban J connectivity index is 2.88. The number of hydrogen-bond acceptors (Lipinski definition) is 4. The average Bonchev–Trinajstić information content (AvgIpc) is 2.16. The van der Waals surface area contributed by atoms with Crippen LogP contribution in [0.3, 0.4) is 0 Å². The first-order valence-electron chi connectivity index (χ1n) is 4.70. The second kappa shape index (κ2) is 5.53. The van der Waals surface area contributed by atoms with Gasteiger partial charge in [0.15, 0.2) is 0 Å². The summed E-state index contributed by atoms with van der Waals surface area (Å²) >= 11 is 0. The zero-order valence-corrected chi connectivity index (χ0v) is 8.36. The molecule has 0 radical (unpaired) electrons. The Hall–Kier alpha value is -1.33. The first-order chi connectivity index (χ1) is 7.17. The molecule has 4 nitrogen and oxygen atoms in total. The summed E-state index contributed by atoms with van der Waals surface area (Å²) in [7, 11) is 0. The number of rotatable bonds is 5. The van der Waals surface area contributed by atoms with Crippen LogP contribution in [0.1, 0.15) is 0 Å². The largest absolute Gasteiger partial charge is 0.399 e. The minimum Gasteiger partial charge on any atom is -0.399 e. The highest BCUT2D eigenvalue weighted by molar-refractivity contribution is 5.56. The quantitative estimate of drug-likeness (QED) is 0.612. The normalized spacial score (nSPS) is 10.3. The van der Waals surface area contributed by atoms with Crippen molar-refractivity contribution in [3.63, 3.8) is 0 Å². The number of nitrogens with zero attached hydrogens (tertiary/aromatic N) is 1. The predicted molar refractivity (Wildman–Crippen MR) is 57.2 cm³/mol. The molecule has 0 unspecified atom stereocenters. The second-order valence-electron chi connectivity index (χ2n) is 3.18. The molecule has 0 heterocycles. The molecule has 1 rings (SSSR count). The lowest BCUT2D eigenvalue weighted by Gasteiger charge is -2.23. The molecular formula is C10H15FN2O2. The van der Waals surface area contributed by atoms with E-state index in [1.807, 2.05) is 0 Å². The van der Waals surface area contributed by atoms with Crippen LogP contribution in [0.5, 0.6) is 0 Å². The Bertz CT molecular complexity index is 294. The topological polar surface area (TPSA) is 69.7 Å². The van der Waals surface area contributed by atoms with Crippen LogP contribution in [-0.2, 0) is 0 Å². The molecule has 1 aromatic rings. The van der Waals surface area contributed by atoms with E-state index in [-0.39, 0.29) is 13.2 Å². The second-order valence-corrected chi connectivity index (χ2v) is 3.18. The Morgan fingerprint density at radius 2 is 1.73 bits per heavy atom. The van der Waals surface area contributed by atoms with Gasteiger partial charge in [0.25, 0.3) is 0 Å². The minimum absolute atomic E-state index is 0.0591. The van der Waals surface area contributed by atoms with E-state index in [9.17, 15) is 4.39 Å². The summed E-state index contributed by atoms with van der Waals surface area (Å²) < 4.78 is 13.0. The molecule has 0 fully saturated rings. The molecule has 84 valence electrons. The summed E-state index contributed by atoms with van der Waals surface area (Å²) in [4.78, 5) is 1.67. The lowest BCUT2D eigenvalue weighted by molar-refractivity contribution is 0.281. The summed E-state index contributed by atoms with van der Waals surface area (Å²) in [6, 6.07) is 4.15. The third-order valence-corrected chi connectivity index (χ3v) is 2.01. The standard InChI is InChI=1S/C10H15FN2O2/c11-8-5-9(12)7-10(6-8)13(1-3-14)2-4-15/h5-7,14-15H,1-4,12H2. The number of hydrogen-bond donors (Lipinski definition) is 3. The maximum atomic E-state index is 13.0. The summed E-state index contributed by atoms with van der Waals surface area (Å²) in [5.74, 6) is -0.425. The van der Waals surface area contributed by atoms with Crippen molar-refractivity contribution in [1.29, 1.82) is 0 Å². The fraction of sp³-hybridized carbons (Fsp3) is 0.400. The van der Waals surface area contributed by atoms with Gasteiger partial charge in [0.05, 0.1) is 13.2 Å². The van der Waals surface area contributed by atoms with Crippen molar-refractivity contribution in [3.05, 3.63) is 24.0 Å². The van der Waals surface area contributed by atoms with Crippen molar-refractivity contribution < 1.29 is 14.6 Å². The number of aliphatic hydroxyl groups is 2. The number of nitrogens with two attached hydrogens (primary N) is 1. The number of nitrogen functional groups attached to an aromatic ring is 1. The summed E-state index contributed by atoms with van der Waals surface area (Å²) in [6.07, 6.45) is 0. The van der Waals surface area contributed by atoms with Crippen molar-refractivity contribution in [2.45, 2.75) is 0 Å². The van der Waals surface area contributed by atoms with Gasteiger partial charge in [-0.05, 0) is 18.2 Å². The summed E-state index contributed by atoms with van der Waals surface area (Å²) in [6.45, 7) is 0.555. The zero-order valence-electron chi connectivity index (χ0n) is 8.36. The van der Waals surface area contributed by atoms with Crippen molar-refractivity contribution in [2.75, 3.05) is 36.9 Å². The SMILES string of the molecule is Nc1cc(F)cc(N(CCO)CCO)c1. The molecule has 0 aromatic heterocycles. The molecule has 0 amide bonds. The molecule has 0 aliphatic carbocycles. The highest BCUT2D eigenvalue weighted by Gasteiger charge is 2.07. The highest BCUT2D eigenvalue weighted by Crippen LogP contribution is 2.19. The van der Waals surface area contributed by atoms with Crippen LogP contribution in [0, 0.1) is 5.82 Å². The number of aliphatic hydroxyl groups excluding tert-OH is 2. The van der Waals surface area contributed by atoms with Gasteiger partial charge in [-0.3, -0.25) is 0 Å². The summed E-state index contributed by atoms with van der Waals surface area (Å²) in [5, 5.41) is 17.6. The monoisotopic (exact) mass is 214 g/mol. The molecule has 1 aromatic carbocycles. The van der Waals surface area contributed by atoms with E-state index in [4.69, 9.17) is 15.9 Å². The van der Waals surface area contributed by atoms with Gasteiger partial charge >= 0.3 is 0 Å². The van der Waals surface area contributed by atoms with E-state index in [2.05, 4.69) is 0 Å². The third-order valence-electron chi connectivity index (χ3n) is 2.01. The maximum absolute atomic E-state index is 13.0. The maximum Gasteiger partial charge on any atom is 0.127 e. The number of benzene rings is 1. The van der Waals surface area contributed by atoms with Gasteiger partial charge in [0, 0.05) is 24.5 Å². The van der Waals surface area contributed by atoms with Crippen LogP contribution in [0.25, 0.3) is 0 Å². The van der Waals surface area contributed by atoms with Crippen LogP contribution in [0.2, 0.25) is 0 Å². The molecule has 0 saturated heterocycles. The van der Waals surface area contributed by atoms with Gasteiger partial charge in [-0.25, -0.2) is 4.39 Å². The van der Waals surface area contributed by atoms with Crippen LogP contribution in [0.4, 0.5) is 15.8 Å². The molecule has 4 N–H and O–H groups in total. The Morgan fingerprint density at radius 1 is 1.13 bits per heavy atom. The first kappa shape index (κ1) is 11.7. The van der Waals surface area contributed by atoms with Crippen molar-refractivity contribution in [3.8, 4) is 0 Å². The van der Waals surface area contributed by atoms with E-state index in [0.717, 1.165) is 0 Å². The average molecular weight is 214 g/mol. The van der Waals surface area contributed by atoms with E-state index in [1.165, 1.54) is 12.1 Å². The smallest absolute Gasteiger partial charge is 0.127 e. The number of halogens is 1. The Labute approximate surface area is 87.7 Å². The van der Waals surface area contributed by atoms with E-state index >= 15 is 0 Å². The molecule has 0 spiro atoms. The lowest BCUT2D eigenvalue weighted by atomic mass is 10.2. The van der Waals surface area contributed by atoms with Crippen LogP contribution < -0.4 is 10.6 Å². The molecule has 0 aliphatic heterocycles. The predicted octanol–water partition coefficient (Wildman–Crippen LogP) is 0.199. The molecule has 15 heavy (non-hydrogen) atoms. The summed E-state index contributed by atoms with van der Waals surface area (Å²) in [5.41, 5.74) is 6.39. The fourth-order valence-electron chi connectivity index (χ4n) is 1.39. The van der Waals surface area contributed by atoms with E-state index < -0.39 is 5.82 Å². The van der Waals surface area contributed by atoms with Gasteiger partial charge in [0.1, 0.15) is 5.82 Å². The van der Waals surface area contributed by atoms with Crippen molar-refractivity contribution >= 4 is 11.4 Å². The van der Waals surface area contributed by atoms with E-state index in [1.54, 1.807) is 11.0 Å². The molecule has 5 heteroatoms. The molecular weight excluding hydrogens is 199 g/mol. The van der Waals surface area contributed by atoms with Gasteiger partial charge in [-0.15, -0.1) is 0 Å². The minimum atomic E-state index is -0.425. The zero-order chi connectivity index (χ0) is 11.3. The Kier molecular flexibility index (Phi) is 4.33. The lowest BCUT2D eigenvalue weighted by Crippen LogP contribution is -2.29. The first-order valence-corrected chi connectivity index (χ1v) is 4.70. The Morgan fingerprint density at radius 3 is 2.20 bits per heavy atom. The fourth-order valence-corrected chi connectivity index (χ4v) is 1.39. The van der Waals surface area contributed by atoms with E-state index in [0.29, 0.717) is 24.5 Å². The molecule has 0 aliphatic rings. The van der Waals surface area contributed by atoms with Gasteiger partial charge in [-0.1, -0.05) is 0 Å². The van der Waals surface area contributed by atoms with Gasteiger partial charge < -0.3 is 20.8 Å². The van der Waals surface area contributed by atoms with Crippen LogP contribution in [-0.4, -0.2) is 36.5 Å². The highest BCUT2D eigenvalue weighted by atomic mass is 19.1. The third kappa shape index (κ3) is 3.38. The van der Waals surface area contributed by atoms with Crippen LogP contribution >= 0.6 is 0 Å². The van der Waals surface area contributed by atoms with Gasteiger partial charge in [-0.2, -0.15) is 0 Å². The molecule has 0 bridgehead atoms. The van der Waals surface area contributed by atoms with Gasteiger partial charge in [0.2, 0.25) is 0 Å². The molecule has 0 atom stereocenters. The van der Waals surface area contributed by atoms with Crippen LogP contribution in [0.15, 0.2) is 18.2 Å². The van der Waals surface area contributed by atoms with Crippen molar-refractivity contribution in [1.82, 2.24) is 0 Å². The molecule has 0 saturated carbocycles.